The van der Waals surface area contributed by atoms with E-state index in [0.29, 0.717) is 39.0 Å². The first-order chi connectivity index (χ1) is 15.7. The molecule has 2 heterocycles. The summed E-state index contributed by atoms with van der Waals surface area (Å²) in [7, 11) is 0. The van der Waals surface area contributed by atoms with Gasteiger partial charge in [0.1, 0.15) is 0 Å². The quantitative estimate of drug-likeness (QED) is 0.618. The number of amides is 2. The molecule has 0 aliphatic carbocycles. The Hall–Kier alpha value is -2.92. The van der Waals surface area contributed by atoms with E-state index >= 15 is 0 Å². The number of likely N-dealkylation sites (tertiary alicyclic amines) is 1. The van der Waals surface area contributed by atoms with Gasteiger partial charge >= 0.3 is 0 Å². The van der Waals surface area contributed by atoms with Gasteiger partial charge in [0.2, 0.25) is 11.8 Å². The molecule has 2 aromatic carbocycles. The molecule has 2 aliphatic heterocycles. The number of hydrogen-bond acceptors (Lipinski definition) is 3. The van der Waals surface area contributed by atoms with Crippen molar-refractivity contribution in [3.05, 3.63) is 77.9 Å². The van der Waals surface area contributed by atoms with Crippen molar-refractivity contribution in [3.8, 4) is 0 Å². The Bertz CT molecular complexity index is 899. The zero-order chi connectivity index (χ0) is 22.2. The first kappa shape index (κ1) is 22.3. The van der Waals surface area contributed by atoms with Gasteiger partial charge in [-0.3, -0.25) is 9.59 Å². The largest absolute Gasteiger partial charge is 0.376 e. The first-order valence-electron chi connectivity index (χ1n) is 11.7. The van der Waals surface area contributed by atoms with Crippen molar-refractivity contribution in [2.45, 2.75) is 38.3 Å². The Labute approximate surface area is 190 Å². The topological polar surface area (TPSA) is 49.9 Å². The summed E-state index contributed by atoms with van der Waals surface area (Å²) in [6, 6.07) is 20.0. The molecule has 0 spiro atoms. The summed E-state index contributed by atoms with van der Waals surface area (Å²) < 4.78 is 5.82. The fraction of sp³-hybridized carbons (Fsp3) is 0.407. The normalized spacial score (nSPS) is 19.4. The molecule has 1 unspecified atom stereocenters. The molecule has 0 N–H and O–H groups in total. The molecule has 2 fully saturated rings. The summed E-state index contributed by atoms with van der Waals surface area (Å²) in [5.74, 6) is 0.166. The standard InChI is InChI=1S/C27H32N2O3/c30-26(14-13-22-8-3-1-4-9-22)28-17-15-24(16-18-28)27(31)29(21-25-12-7-19-32-25)20-23-10-5-2-6-11-23/h1-6,8-11,13-14,24-25H,7,12,15-21H2/b14-13+. The van der Waals surface area contributed by atoms with Crippen LogP contribution in [0.25, 0.3) is 6.08 Å². The zero-order valence-electron chi connectivity index (χ0n) is 18.6. The van der Waals surface area contributed by atoms with E-state index in [-0.39, 0.29) is 23.8 Å². The lowest BCUT2D eigenvalue weighted by Crippen LogP contribution is -2.45. The van der Waals surface area contributed by atoms with Gasteiger partial charge in [-0.2, -0.15) is 0 Å². The summed E-state index contributed by atoms with van der Waals surface area (Å²) in [4.78, 5) is 29.8. The van der Waals surface area contributed by atoms with Gasteiger partial charge in [-0.25, -0.2) is 0 Å². The lowest BCUT2D eigenvalue weighted by Gasteiger charge is -2.34. The average molecular weight is 433 g/mol. The minimum atomic E-state index is -0.0396. The van der Waals surface area contributed by atoms with E-state index in [2.05, 4.69) is 12.1 Å². The van der Waals surface area contributed by atoms with Gasteiger partial charge in [0.25, 0.3) is 0 Å². The van der Waals surface area contributed by atoms with Crippen LogP contribution in [-0.2, 0) is 20.9 Å². The molecule has 32 heavy (non-hydrogen) atoms. The molecule has 0 saturated carbocycles. The van der Waals surface area contributed by atoms with E-state index in [1.165, 1.54) is 0 Å². The van der Waals surface area contributed by atoms with E-state index in [0.717, 1.165) is 30.6 Å². The number of benzene rings is 2. The maximum Gasteiger partial charge on any atom is 0.246 e. The van der Waals surface area contributed by atoms with Crippen LogP contribution in [0, 0.1) is 5.92 Å². The van der Waals surface area contributed by atoms with Crippen LogP contribution in [0.15, 0.2) is 66.7 Å². The Morgan fingerprint density at radius 1 is 0.969 bits per heavy atom. The average Bonchev–Trinajstić information content (AvgIpc) is 3.36. The van der Waals surface area contributed by atoms with Crippen molar-refractivity contribution in [3.63, 3.8) is 0 Å². The second kappa shape index (κ2) is 11.1. The molecule has 5 heteroatoms. The highest BCUT2D eigenvalue weighted by Gasteiger charge is 2.31. The third kappa shape index (κ3) is 6.07. The fourth-order valence-corrected chi connectivity index (χ4v) is 4.51. The molecule has 2 saturated heterocycles. The van der Waals surface area contributed by atoms with Gasteiger partial charge in [-0.05, 0) is 42.9 Å². The predicted molar refractivity (Wildman–Crippen MR) is 126 cm³/mol. The summed E-state index contributed by atoms with van der Waals surface area (Å²) in [5.41, 5.74) is 2.15. The Balaban J connectivity index is 1.34. The number of ether oxygens (including phenoxy) is 1. The third-order valence-electron chi connectivity index (χ3n) is 6.35. The molecule has 0 aromatic heterocycles. The van der Waals surface area contributed by atoms with Crippen molar-refractivity contribution >= 4 is 17.9 Å². The van der Waals surface area contributed by atoms with Crippen LogP contribution >= 0.6 is 0 Å². The second-order valence-corrected chi connectivity index (χ2v) is 8.68. The van der Waals surface area contributed by atoms with Crippen LogP contribution in [0.2, 0.25) is 0 Å². The highest BCUT2D eigenvalue weighted by molar-refractivity contribution is 5.92. The lowest BCUT2D eigenvalue weighted by atomic mass is 9.94. The molecule has 1 atom stereocenters. The molecule has 5 nitrogen and oxygen atoms in total. The highest BCUT2D eigenvalue weighted by atomic mass is 16.5. The van der Waals surface area contributed by atoms with Gasteiger partial charge in [-0.15, -0.1) is 0 Å². The number of rotatable bonds is 7. The van der Waals surface area contributed by atoms with Crippen molar-refractivity contribution in [1.29, 1.82) is 0 Å². The number of carbonyl (C=O) groups is 2. The molecule has 168 valence electrons. The van der Waals surface area contributed by atoms with E-state index in [9.17, 15) is 9.59 Å². The first-order valence-corrected chi connectivity index (χ1v) is 11.7. The van der Waals surface area contributed by atoms with Gasteiger partial charge in [-0.1, -0.05) is 60.7 Å². The number of piperidine rings is 1. The molecule has 2 amide bonds. The fourth-order valence-electron chi connectivity index (χ4n) is 4.51. The number of hydrogen-bond donors (Lipinski definition) is 0. The second-order valence-electron chi connectivity index (χ2n) is 8.68. The van der Waals surface area contributed by atoms with E-state index < -0.39 is 0 Å². The molecular formula is C27H32N2O3. The zero-order valence-corrected chi connectivity index (χ0v) is 18.6. The highest BCUT2D eigenvalue weighted by Crippen LogP contribution is 2.23. The third-order valence-corrected chi connectivity index (χ3v) is 6.35. The van der Waals surface area contributed by atoms with Crippen molar-refractivity contribution in [1.82, 2.24) is 9.80 Å². The van der Waals surface area contributed by atoms with Crippen molar-refractivity contribution in [2.75, 3.05) is 26.2 Å². The molecule has 0 radical (unpaired) electrons. The monoisotopic (exact) mass is 432 g/mol. The SMILES string of the molecule is O=C(/C=C/c1ccccc1)N1CCC(C(=O)N(Cc2ccccc2)CC2CCCO2)CC1. The van der Waals surface area contributed by atoms with Crippen molar-refractivity contribution in [2.24, 2.45) is 5.92 Å². The van der Waals surface area contributed by atoms with Crippen LogP contribution < -0.4 is 0 Å². The van der Waals surface area contributed by atoms with E-state index in [1.54, 1.807) is 6.08 Å². The summed E-state index contributed by atoms with van der Waals surface area (Å²) in [6.07, 6.45) is 7.11. The minimum absolute atomic E-state index is 0.0141. The van der Waals surface area contributed by atoms with E-state index in [4.69, 9.17) is 4.74 Å². The predicted octanol–water partition coefficient (Wildman–Crippen LogP) is 4.15. The molecule has 0 bridgehead atoms. The van der Waals surface area contributed by atoms with Gasteiger partial charge in [0.15, 0.2) is 0 Å². The number of carbonyl (C=O) groups excluding carboxylic acids is 2. The summed E-state index contributed by atoms with van der Waals surface area (Å²) in [6.45, 7) is 3.28. The van der Waals surface area contributed by atoms with Crippen LogP contribution in [0.1, 0.15) is 36.8 Å². The Kier molecular flexibility index (Phi) is 7.73. The van der Waals surface area contributed by atoms with Crippen LogP contribution in [0.4, 0.5) is 0 Å². The van der Waals surface area contributed by atoms with Gasteiger partial charge in [0.05, 0.1) is 6.10 Å². The molecule has 2 aliphatic rings. The van der Waals surface area contributed by atoms with Gasteiger partial charge < -0.3 is 14.5 Å². The summed E-state index contributed by atoms with van der Waals surface area (Å²) in [5, 5.41) is 0. The van der Waals surface area contributed by atoms with Crippen LogP contribution in [0.3, 0.4) is 0 Å². The maximum absolute atomic E-state index is 13.4. The molecule has 2 aromatic rings. The van der Waals surface area contributed by atoms with Crippen molar-refractivity contribution < 1.29 is 14.3 Å². The maximum atomic E-state index is 13.4. The minimum Gasteiger partial charge on any atom is -0.376 e. The number of nitrogens with zero attached hydrogens (tertiary/aromatic N) is 2. The smallest absolute Gasteiger partial charge is 0.246 e. The molecule has 4 rings (SSSR count). The lowest BCUT2D eigenvalue weighted by molar-refractivity contribution is -0.141. The Morgan fingerprint density at radius 2 is 1.66 bits per heavy atom. The molecular weight excluding hydrogens is 400 g/mol. The van der Waals surface area contributed by atoms with Crippen LogP contribution in [-0.4, -0.2) is 54.0 Å². The van der Waals surface area contributed by atoms with Crippen LogP contribution in [0.5, 0.6) is 0 Å². The van der Waals surface area contributed by atoms with E-state index in [1.807, 2.05) is 64.4 Å². The Morgan fingerprint density at radius 3 is 2.31 bits per heavy atom. The summed E-state index contributed by atoms with van der Waals surface area (Å²) >= 11 is 0. The van der Waals surface area contributed by atoms with Gasteiger partial charge in [0, 0.05) is 44.8 Å².